The highest BCUT2D eigenvalue weighted by Gasteiger charge is 2.24. The molecule has 6 heteroatoms. The van der Waals surface area contributed by atoms with Crippen molar-refractivity contribution in [3.8, 4) is 0 Å². The van der Waals surface area contributed by atoms with E-state index in [0.717, 1.165) is 12.1 Å². The minimum absolute atomic E-state index is 0.332. The number of rotatable bonds is 0. The van der Waals surface area contributed by atoms with E-state index in [2.05, 4.69) is 9.97 Å². The van der Waals surface area contributed by atoms with Gasteiger partial charge in [-0.25, -0.2) is 23.1 Å². The zero-order valence-electron chi connectivity index (χ0n) is 13.4. The van der Waals surface area contributed by atoms with Crippen LogP contribution in [0, 0.1) is 17.5 Å². The molecule has 4 rings (SSSR count). The quantitative estimate of drug-likeness (QED) is 0.466. The van der Waals surface area contributed by atoms with Crippen LogP contribution < -0.4 is 0 Å². The zero-order valence-corrected chi connectivity index (χ0v) is 13.4. The first-order chi connectivity index (χ1) is 11.3. The van der Waals surface area contributed by atoms with Crippen LogP contribution in [-0.2, 0) is 5.41 Å². The van der Waals surface area contributed by atoms with Gasteiger partial charge >= 0.3 is 0 Å². The molecule has 2 aromatic carbocycles. The molecule has 0 fully saturated rings. The summed E-state index contributed by atoms with van der Waals surface area (Å²) in [4.78, 5) is 9.02. The van der Waals surface area contributed by atoms with Crippen LogP contribution in [0.3, 0.4) is 0 Å². The second-order valence-corrected chi connectivity index (χ2v) is 6.87. The number of imidazole rings is 1. The maximum Gasteiger partial charge on any atom is 0.161 e. The normalized spacial score (nSPS) is 12.6. The Kier molecular flexibility index (Phi) is 2.92. The van der Waals surface area contributed by atoms with Crippen LogP contribution in [-0.4, -0.2) is 14.4 Å². The number of nitrogens with zero attached hydrogens (tertiary/aromatic N) is 3. The van der Waals surface area contributed by atoms with Crippen LogP contribution in [0.4, 0.5) is 13.2 Å². The Labute approximate surface area is 135 Å². The van der Waals surface area contributed by atoms with Crippen LogP contribution in [0.1, 0.15) is 26.6 Å². The van der Waals surface area contributed by atoms with E-state index in [4.69, 9.17) is 0 Å². The van der Waals surface area contributed by atoms with Crippen molar-refractivity contribution >= 4 is 27.6 Å². The van der Waals surface area contributed by atoms with Gasteiger partial charge in [-0.15, -0.1) is 0 Å². The summed E-state index contributed by atoms with van der Waals surface area (Å²) in [7, 11) is 0. The molecular formula is C18H14F3N3. The highest BCUT2D eigenvalue weighted by molar-refractivity contribution is 5.96. The summed E-state index contributed by atoms with van der Waals surface area (Å²) in [5.41, 5.74) is 1.33. The van der Waals surface area contributed by atoms with E-state index in [1.807, 2.05) is 20.8 Å². The third kappa shape index (κ3) is 2.06. The highest BCUT2D eigenvalue weighted by Crippen LogP contribution is 2.31. The molecule has 0 aliphatic rings. The first-order valence-corrected chi connectivity index (χ1v) is 7.52. The van der Waals surface area contributed by atoms with Crippen molar-refractivity contribution in [2.45, 2.75) is 26.2 Å². The molecule has 0 atom stereocenters. The molecule has 4 aromatic rings. The molecule has 0 saturated carbocycles. The van der Waals surface area contributed by atoms with E-state index in [0.29, 0.717) is 33.4 Å². The van der Waals surface area contributed by atoms with Gasteiger partial charge in [-0.1, -0.05) is 20.8 Å². The number of fused-ring (bicyclic) bond motifs is 5. The predicted octanol–water partition coefficient (Wildman–Crippen LogP) is 4.75. The lowest BCUT2D eigenvalue weighted by Crippen LogP contribution is -2.19. The third-order valence-corrected chi connectivity index (χ3v) is 4.01. The second-order valence-electron chi connectivity index (χ2n) is 6.87. The minimum Gasteiger partial charge on any atom is -0.279 e. The van der Waals surface area contributed by atoms with Crippen LogP contribution in [0.5, 0.6) is 0 Å². The van der Waals surface area contributed by atoms with E-state index >= 15 is 0 Å². The lowest BCUT2D eigenvalue weighted by atomic mass is 9.95. The number of aromatic nitrogens is 3. The second kappa shape index (κ2) is 4.69. The van der Waals surface area contributed by atoms with E-state index in [-0.39, 0.29) is 0 Å². The first kappa shape index (κ1) is 14.9. The van der Waals surface area contributed by atoms with Crippen LogP contribution >= 0.6 is 0 Å². The summed E-state index contributed by atoms with van der Waals surface area (Å²) in [6.07, 6.45) is 0. The highest BCUT2D eigenvalue weighted by atomic mass is 19.2. The number of halogens is 3. The van der Waals surface area contributed by atoms with E-state index < -0.39 is 22.9 Å². The molecule has 0 aliphatic heterocycles. The predicted molar refractivity (Wildman–Crippen MR) is 86.6 cm³/mol. The van der Waals surface area contributed by atoms with E-state index in [9.17, 15) is 13.2 Å². The summed E-state index contributed by atoms with van der Waals surface area (Å²) in [6, 6.07) is 6.43. The Morgan fingerprint density at radius 2 is 1.58 bits per heavy atom. The average molecular weight is 329 g/mol. The molecule has 0 radical (unpaired) electrons. The van der Waals surface area contributed by atoms with Crippen molar-refractivity contribution < 1.29 is 13.2 Å². The fourth-order valence-electron chi connectivity index (χ4n) is 2.92. The minimum atomic E-state index is -0.952. The fraction of sp³-hybridized carbons (Fsp3) is 0.222. The SMILES string of the molecule is CC(C)(C)c1nc2cc(F)ccc2c2nc3cc(F)c(F)cc3n12. The topological polar surface area (TPSA) is 30.2 Å². The molecule has 2 aromatic heterocycles. The van der Waals surface area contributed by atoms with Gasteiger partial charge in [0, 0.05) is 29.0 Å². The zero-order chi connectivity index (χ0) is 17.2. The van der Waals surface area contributed by atoms with Crippen molar-refractivity contribution in [1.29, 1.82) is 0 Å². The largest absolute Gasteiger partial charge is 0.279 e. The molecule has 0 amide bonds. The van der Waals surface area contributed by atoms with Crippen molar-refractivity contribution in [1.82, 2.24) is 14.4 Å². The molecular weight excluding hydrogens is 315 g/mol. The van der Waals surface area contributed by atoms with Gasteiger partial charge in [0.15, 0.2) is 11.6 Å². The summed E-state index contributed by atoms with van der Waals surface area (Å²) in [5.74, 6) is -1.69. The summed E-state index contributed by atoms with van der Waals surface area (Å²) < 4.78 is 42.7. The van der Waals surface area contributed by atoms with E-state index in [1.54, 1.807) is 10.5 Å². The van der Waals surface area contributed by atoms with Gasteiger partial charge in [0.25, 0.3) is 0 Å². The maximum absolute atomic E-state index is 13.8. The van der Waals surface area contributed by atoms with Crippen molar-refractivity contribution in [3.05, 3.63) is 53.6 Å². The smallest absolute Gasteiger partial charge is 0.161 e. The first-order valence-electron chi connectivity index (χ1n) is 7.52. The number of hydrogen-bond donors (Lipinski definition) is 0. The number of benzene rings is 2. The molecule has 0 saturated heterocycles. The summed E-state index contributed by atoms with van der Waals surface area (Å²) in [6.45, 7) is 5.85. The Bertz CT molecular complexity index is 1120. The van der Waals surface area contributed by atoms with Crippen LogP contribution in [0.15, 0.2) is 30.3 Å². The lowest BCUT2D eigenvalue weighted by Gasteiger charge is -2.20. The molecule has 2 heterocycles. The summed E-state index contributed by atoms with van der Waals surface area (Å²) in [5, 5.41) is 0.626. The average Bonchev–Trinajstić information content (AvgIpc) is 2.84. The molecule has 3 nitrogen and oxygen atoms in total. The molecule has 0 aliphatic carbocycles. The summed E-state index contributed by atoms with van der Waals surface area (Å²) >= 11 is 0. The van der Waals surface area contributed by atoms with Gasteiger partial charge in [-0.2, -0.15) is 0 Å². The maximum atomic E-state index is 13.8. The van der Waals surface area contributed by atoms with Crippen LogP contribution in [0.25, 0.3) is 27.6 Å². The Balaban J connectivity index is 2.30. The molecule has 0 N–H and O–H groups in total. The molecule has 0 unspecified atom stereocenters. The fourth-order valence-corrected chi connectivity index (χ4v) is 2.92. The Morgan fingerprint density at radius 1 is 0.875 bits per heavy atom. The lowest BCUT2D eigenvalue weighted by molar-refractivity contribution is 0.510. The third-order valence-electron chi connectivity index (χ3n) is 4.01. The number of hydrogen-bond acceptors (Lipinski definition) is 2. The van der Waals surface area contributed by atoms with Gasteiger partial charge in [-0.05, 0) is 12.1 Å². The Hall–Kier alpha value is -2.63. The van der Waals surface area contributed by atoms with E-state index in [1.165, 1.54) is 12.1 Å². The monoisotopic (exact) mass is 329 g/mol. The van der Waals surface area contributed by atoms with Gasteiger partial charge in [0.2, 0.25) is 0 Å². The van der Waals surface area contributed by atoms with Gasteiger partial charge in [0.05, 0.1) is 16.6 Å². The van der Waals surface area contributed by atoms with Gasteiger partial charge in [-0.3, -0.25) is 4.40 Å². The van der Waals surface area contributed by atoms with Crippen LogP contribution in [0.2, 0.25) is 0 Å². The standard InChI is InChI=1S/C18H14F3N3/c1-18(2,3)17-23-13-6-9(19)4-5-10(13)16-22-14-7-11(20)12(21)8-15(14)24(16)17/h4-8H,1-3H3. The van der Waals surface area contributed by atoms with Gasteiger partial charge in [0.1, 0.15) is 17.3 Å². The van der Waals surface area contributed by atoms with Gasteiger partial charge < -0.3 is 0 Å². The molecule has 0 bridgehead atoms. The Morgan fingerprint density at radius 3 is 2.29 bits per heavy atom. The molecule has 0 spiro atoms. The van der Waals surface area contributed by atoms with Crippen molar-refractivity contribution in [3.63, 3.8) is 0 Å². The van der Waals surface area contributed by atoms with Crippen molar-refractivity contribution in [2.75, 3.05) is 0 Å². The van der Waals surface area contributed by atoms with Crippen molar-refractivity contribution in [2.24, 2.45) is 0 Å². The molecule has 122 valence electrons. The molecule has 24 heavy (non-hydrogen) atoms.